The van der Waals surface area contributed by atoms with Crippen LogP contribution < -0.4 is 10.6 Å². The number of nitrogens with one attached hydrogen (secondary N) is 2. The molecular weight excluding hydrogens is 272 g/mol. The molecule has 0 saturated heterocycles. The van der Waals surface area contributed by atoms with Crippen LogP contribution in [0.15, 0.2) is 41.8 Å². The third kappa shape index (κ3) is 4.51. The Morgan fingerprint density at radius 3 is 2.50 bits per heavy atom. The van der Waals surface area contributed by atoms with Gasteiger partial charge in [0, 0.05) is 29.6 Å². The zero-order valence-corrected chi connectivity index (χ0v) is 12.0. The molecule has 0 bridgehead atoms. The molecule has 0 unspecified atom stereocenters. The smallest absolute Gasteiger partial charge is 0.224 e. The molecule has 1 aromatic heterocycles. The minimum atomic E-state index is -0.133. The molecule has 0 fully saturated rings. The van der Waals surface area contributed by atoms with Gasteiger partial charge < -0.3 is 10.6 Å². The average Bonchev–Trinajstić information content (AvgIpc) is 2.89. The van der Waals surface area contributed by atoms with E-state index in [1.54, 1.807) is 35.6 Å². The zero-order valence-electron chi connectivity index (χ0n) is 11.2. The molecule has 1 heterocycles. The predicted octanol–water partition coefficient (Wildman–Crippen LogP) is 3.28. The van der Waals surface area contributed by atoms with Crippen molar-refractivity contribution in [2.75, 3.05) is 10.6 Å². The van der Waals surface area contributed by atoms with E-state index in [4.69, 9.17) is 0 Å². The molecule has 0 saturated carbocycles. The molecule has 5 heteroatoms. The number of amides is 2. The lowest BCUT2D eigenvalue weighted by Crippen LogP contribution is -2.12. The Hall–Kier alpha value is -2.14. The number of hydrogen-bond donors (Lipinski definition) is 2. The van der Waals surface area contributed by atoms with E-state index in [0.717, 1.165) is 6.42 Å². The van der Waals surface area contributed by atoms with Gasteiger partial charge in [0.15, 0.2) is 0 Å². The first-order valence-corrected chi connectivity index (χ1v) is 7.21. The van der Waals surface area contributed by atoms with E-state index in [2.05, 4.69) is 10.6 Å². The number of aryl methyl sites for hydroxylation is 1. The molecule has 0 aliphatic carbocycles. The Balaban J connectivity index is 1.88. The molecule has 1 aromatic carbocycles. The third-order valence-electron chi connectivity index (χ3n) is 2.65. The van der Waals surface area contributed by atoms with Crippen LogP contribution in [0, 0.1) is 0 Å². The summed E-state index contributed by atoms with van der Waals surface area (Å²) in [4.78, 5) is 24.0. The lowest BCUT2D eigenvalue weighted by atomic mass is 10.2. The van der Waals surface area contributed by atoms with Crippen LogP contribution in [-0.4, -0.2) is 11.8 Å². The Morgan fingerprint density at radius 2 is 1.85 bits per heavy atom. The van der Waals surface area contributed by atoms with Crippen molar-refractivity contribution in [1.82, 2.24) is 0 Å². The first-order valence-electron chi connectivity index (χ1n) is 6.33. The maximum atomic E-state index is 11.8. The summed E-state index contributed by atoms with van der Waals surface area (Å²) >= 11 is 1.65. The molecule has 0 aliphatic rings. The van der Waals surface area contributed by atoms with Crippen LogP contribution in [0.5, 0.6) is 0 Å². The van der Waals surface area contributed by atoms with E-state index in [9.17, 15) is 9.59 Å². The topological polar surface area (TPSA) is 58.2 Å². The highest BCUT2D eigenvalue weighted by atomic mass is 32.1. The van der Waals surface area contributed by atoms with Gasteiger partial charge in [0.2, 0.25) is 11.8 Å². The van der Waals surface area contributed by atoms with Gasteiger partial charge in [-0.15, -0.1) is 11.3 Å². The molecule has 0 atom stereocenters. The summed E-state index contributed by atoms with van der Waals surface area (Å²) < 4.78 is 0. The van der Waals surface area contributed by atoms with Gasteiger partial charge in [0.05, 0.1) is 0 Å². The Bertz CT molecular complexity index is 594. The first kappa shape index (κ1) is 14.3. The maximum absolute atomic E-state index is 11.8. The summed E-state index contributed by atoms with van der Waals surface area (Å²) in [5.74, 6) is -0.162. The number of thiophene rings is 1. The lowest BCUT2D eigenvalue weighted by Gasteiger charge is -2.07. The minimum Gasteiger partial charge on any atom is -0.326 e. The summed E-state index contributed by atoms with van der Waals surface area (Å²) in [6.45, 7) is 1.45. The van der Waals surface area contributed by atoms with Crippen LogP contribution in [-0.2, 0) is 16.0 Å². The fraction of sp³-hybridized carbons (Fsp3) is 0.200. The molecule has 4 nitrogen and oxygen atoms in total. The number of anilines is 2. The fourth-order valence-electron chi connectivity index (χ4n) is 1.79. The molecule has 2 aromatic rings. The molecule has 20 heavy (non-hydrogen) atoms. The molecule has 2 rings (SSSR count). The van der Waals surface area contributed by atoms with Crippen molar-refractivity contribution in [3.8, 4) is 0 Å². The second kappa shape index (κ2) is 6.86. The Labute approximate surface area is 121 Å². The van der Waals surface area contributed by atoms with Gasteiger partial charge in [-0.25, -0.2) is 0 Å². The van der Waals surface area contributed by atoms with Crippen LogP contribution >= 0.6 is 11.3 Å². The van der Waals surface area contributed by atoms with Crippen molar-refractivity contribution >= 4 is 34.5 Å². The number of hydrogen-bond acceptors (Lipinski definition) is 3. The summed E-state index contributed by atoms with van der Waals surface area (Å²) in [5, 5.41) is 7.52. The summed E-state index contributed by atoms with van der Waals surface area (Å²) in [7, 11) is 0. The van der Waals surface area contributed by atoms with Crippen molar-refractivity contribution in [3.63, 3.8) is 0 Å². The largest absolute Gasteiger partial charge is 0.326 e. The van der Waals surface area contributed by atoms with Gasteiger partial charge in [0.25, 0.3) is 0 Å². The van der Waals surface area contributed by atoms with Crippen LogP contribution in [0.3, 0.4) is 0 Å². The van der Waals surface area contributed by atoms with E-state index in [0.29, 0.717) is 17.8 Å². The van der Waals surface area contributed by atoms with Gasteiger partial charge >= 0.3 is 0 Å². The highest BCUT2D eigenvalue weighted by Crippen LogP contribution is 2.16. The van der Waals surface area contributed by atoms with Gasteiger partial charge in [0.1, 0.15) is 0 Å². The van der Waals surface area contributed by atoms with Gasteiger partial charge in [-0.05, 0) is 36.1 Å². The second-order valence-electron chi connectivity index (χ2n) is 4.39. The molecular formula is C15H16N2O2S. The summed E-state index contributed by atoms with van der Waals surface area (Å²) in [5.41, 5.74) is 1.36. The van der Waals surface area contributed by atoms with Crippen molar-refractivity contribution in [2.24, 2.45) is 0 Å². The first-order chi connectivity index (χ1) is 9.63. The number of carbonyl (C=O) groups is 2. The van der Waals surface area contributed by atoms with E-state index in [1.165, 1.54) is 11.8 Å². The molecule has 2 N–H and O–H groups in total. The minimum absolute atomic E-state index is 0.0293. The number of rotatable bonds is 5. The lowest BCUT2D eigenvalue weighted by molar-refractivity contribution is -0.116. The van der Waals surface area contributed by atoms with Crippen molar-refractivity contribution in [2.45, 2.75) is 19.8 Å². The quantitative estimate of drug-likeness (QED) is 0.887. The molecule has 104 valence electrons. The third-order valence-corrected chi connectivity index (χ3v) is 3.58. The maximum Gasteiger partial charge on any atom is 0.224 e. The highest BCUT2D eigenvalue weighted by Gasteiger charge is 2.04. The van der Waals surface area contributed by atoms with Crippen molar-refractivity contribution in [1.29, 1.82) is 0 Å². The SMILES string of the molecule is CC(=O)Nc1cccc(NC(=O)CCc2cccs2)c1. The summed E-state index contributed by atoms with van der Waals surface area (Å²) in [6, 6.07) is 11.1. The molecule has 0 spiro atoms. The predicted molar refractivity (Wildman–Crippen MR) is 82.0 cm³/mol. The second-order valence-corrected chi connectivity index (χ2v) is 5.42. The molecule has 0 aliphatic heterocycles. The molecule has 2 amide bonds. The fourth-order valence-corrected chi connectivity index (χ4v) is 2.50. The van der Waals surface area contributed by atoms with Crippen LogP contribution in [0.4, 0.5) is 11.4 Å². The van der Waals surface area contributed by atoms with Crippen LogP contribution in [0.25, 0.3) is 0 Å². The normalized spacial score (nSPS) is 10.1. The highest BCUT2D eigenvalue weighted by molar-refractivity contribution is 7.09. The average molecular weight is 288 g/mol. The Morgan fingerprint density at radius 1 is 1.10 bits per heavy atom. The van der Waals surface area contributed by atoms with Crippen molar-refractivity contribution < 1.29 is 9.59 Å². The van der Waals surface area contributed by atoms with Crippen LogP contribution in [0.2, 0.25) is 0 Å². The number of carbonyl (C=O) groups excluding carboxylic acids is 2. The standard InChI is InChI=1S/C15H16N2O2S/c1-11(18)16-12-4-2-5-13(10-12)17-15(19)8-7-14-6-3-9-20-14/h2-6,9-10H,7-8H2,1H3,(H,16,18)(H,17,19). The molecule has 0 radical (unpaired) electrons. The zero-order chi connectivity index (χ0) is 14.4. The van der Waals surface area contributed by atoms with E-state index in [-0.39, 0.29) is 11.8 Å². The number of benzene rings is 1. The van der Waals surface area contributed by atoms with Gasteiger partial charge in [-0.3, -0.25) is 9.59 Å². The van der Waals surface area contributed by atoms with E-state index < -0.39 is 0 Å². The monoisotopic (exact) mass is 288 g/mol. The van der Waals surface area contributed by atoms with Gasteiger partial charge in [-0.1, -0.05) is 12.1 Å². The van der Waals surface area contributed by atoms with E-state index >= 15 is 0 Å². The van der Waals surface area contributed by atoms with Gasteiger partial charge in [-0.2, -0.15) is 0 Å². The van der Waals surface area contributed by atoms with Crippen LogP contribution in [0.1, 0.15) is 18.2 Å². The van der Waals surface area contributed by atoms with E-state index in [1.807, 2.05) is 17.5 Å². The summed E-state index contributed by atoms with van der Waals surface area (Å²) in [6.07, 6.45) is 1.19. The Kier molecular flexibility index (Phi) is 4.90. The van der Waals surface area contributed by atoms with Crippen molar-refractivity contribution in [3.05, 3.63) is 46.7 Å².